The summed E-state index contributed by atoms with van der Waals surface area (Å²) in [6.45, 7) is 6.23. The van der Waals surface area contributed by atoms with E-state index < -0.39 is 0 Å². The van der Waals surface area contributed by atoms with Gasteiger partial charge in [-0.1, -0.05) is 6.07 Å². The van der Waals surface area contributed by atoms with Crippen molar-refractivity contribution in [3.8, 4) is 0 Å². The molecular weight excluding hydrogens is 226 g/mol. The van der Waals surface area contributed by atoms with Crippen LogP contribution in [0.25, 0.3) is 0 Å². The van der Waals surface area contributed by atoms with Crippen molar-refractivity contribution in [2.75, 3.05) is 19.6 Å². The minimum absolute atomic E-state index is 0.124. The van der Waals surface area contributed by atoms with Crippen molar-refractivity contribution in [2.24, 2.45) is 0 Å². The second-order valence-electron chi connectivity index (χ2n) is 5.64. The second-order valence-corrected chi connectivity index (χ2v) is 5.64. The largest absolute Gasteiger partial charge is 0.392 e. The van der Waals surface area contributed by atoms with Crippen molar-refractivity contribution >= 4 is 0 Å². The molecule has 18 heavy (non-hydrogen) atoms. The third-order valence-electron chi connectivity index (χ3n) is 4.18. The van der Waals surface area contributed by atoms with Crippen LogP contribution in [-0.4, -0.2) is 57.7 Å². The van der Waals surface area contributed by atoms with Crippen LogP contribution >= 0.6 is 0 Å². The zero-order chi connectivity index (χ0) is 12.5. The average molecular weight is 247 g/mol. The number of aliphatic hydroxyl groups excluding tert-OH is 1. The molecule has 2 saturated heterocycles. The van der Waals surface area contributed by atoms with Gasteiger partial charge in [-0.15, -0.1) is 0 Å². The van der Waals surface area contributed by atoms with Crippen molar-refractivity contribution < 1.29 is 5.11 Å². The summed E-state index contributed by atoms with van der Waals surface area (Å²) < 4.78 is 0. The Bertz CT molecular complexity index is 397. The molecule has 4 nitrogen and oxygen atoms in total. The molecule has 0 amide bonds. The van der Waals surface area contributed by atoms with Gasteiger partial charge in [-0.3, -0.25) is 14.8 Å². The molecule has 0 aliphatic carbocycles. The summed E-state index contributed by atoms with van der Waals surface area (Å²) in [5.74, 6) is 0. The van der Waals surface area contributed by atoms with Gasteiger partial charge in [0.25, 0.3) is 0 Å². The maximum absolute atomic E-state index is 9.75. The number of fused-ring (bicyclic) bond motifs is 1. The number of hydrogen-bond acceptors (Lipinski definition) is 4. The van der Waals surface area contributed by atoms with Gasteiger partial charge in [-0.05, 0) is 25.0 Å². The lowest BCUT2D eigenvalue weighted by Gasteiger charge is -2.42. The van der Waals surface area contributed by atoms with E-state index in [0.717, 1.165) is 32.6 Å². The Morgan fingerprint density at radius 2 is 2.28 bits per heavy atom. The van der Waals surface area contributed by atoms with Crippen LogP contribution in [0.3, 0.4) is 0 Å². The van der Waals surface area contributed by atoms with Crippen LogP contribution in [0.2, 0.25) is 0 Å². The Labute approximate surface area is 108 Å². The molecule has 0 saturated carbocycles. The van der Waals surface area contributed by atoms with Crippen molar-refractivity contribution in [1.29, 1.82) is 0 Å². The highest BCUT2D eigenvalue weighted by Gasteiger charge is 2.37. The van der Waals surface area contributed by atoms with Crippen LogP contribution in [0.5, 0.6) is 0 Å². The lowest BCUT2D eigenvalue weighted by molar-refractivity contribution is 0.0528. The van der Waals surface area contributed by atoms with Crippen LogP contribution in [-0.2, 0) is 6.54 Å². The Morgan fingerprint density at radius 3 is 3.06 bits per heavy atom. The molecule has 1 aromatic heterocycles. The zero-order valence-electron chi connectivity index (χ0n) is 10.9. The number of aromatic nitrogens is 1. The number of pyridine rings is 1. The van der Waals surface area contributed by atoms with Gasteiger partial charge in [0.1, 0.15) is 0 Å². The summed E-state index contributed by atoms with van der Waals surface area (Å²) in [7, 11) is 0. The molecule has 98 valence electrons. The van der Waals surface area contributed by atoms with Crippen LogP contribution in [0.1, 0.15) is 18.9 Å². The Kier molecular flexibility index (Phi) is 3.33. The molecular formula is C14H21N3O. The predicted molar refractivity (Wildman–Crippen MR) is 70.1 cm³/mol. The first-order chi connectivity index (χ1) is 8.72. The highest BCUT2D eigenvalue weighted by atomic mass is 16.3. The SMILES string of the molecule is C[C@H]1CN2C[C@H](O)CC2CN1Cc1cccnc1. The predicted octanol–water partition coefficient (Wildman–Crippen LogP) is 0.721. The van der Waals surface area contributed by atoms with E-state index in [1.54, 1.807) is 0 Å². The third-order valence-corrected chi connectivity index (χ3v) is 4.18. The quantitative estimate of drug-likeness (QED) is 0.836. The number of rotatable bonds is 2. The Morgan fingerprint density at radius 1 is 1.39 bits per heavy atom. The molecule has 4 heteroatoms. The smallest absolute Gasteiger partial charge is 0.0682 e. The molecule has 3 heterocycles. The summed E-state index contributed by atoms with van der Waals surface area (Å²) >= 11 is 0. The topological polar surface area (TPSA) is 39.6 Å². The van der Waals surface area contributed by atoms with Crippen molar-refractivity contribution in [3.05, 3.63) is 30.1 Å². The molecule has 0 bridgehead atoms. The fraction of sp³-hybridized carbons (Fsp3) is 0.643. The van der Waals surface area contributed by atoms with Gasteiger partial charge in [0.15, 0.2) is 0 Å². The van der Waals surface area contributed by atoms with E-state index in [9.17, 15) is 5.11 Å². The summed E-state index contributed by atoms with van der Waals surface area (Å²) in [5, 5.41) is 9.75. The van der Waals surface area contributed by atoms with Gasteiger partial charge in [-0.25, -0.2) is 0 Å². The molecule has 0 aromatic carbocycles. The summed E-state index contributed by atoms with van der Waals surface area (Å²) in [6, 6.07) is 5.21. The molecule has 1 unspecified atom stereocenters. The normalized spacial score (nSPS) is 33.6. The first-order valence-electron chi connectivity index (χ1n) is 6.77. The fourth-order valence-electron chi connectivity index (χ4n) is 3.22. The van der Waals surface area contributed by atoms with E-state index in [2.05, 4.69) is 27.8 Å². The highest BCUT2D eigenvalue weighted by Crippen LogP contribution is 2.25. The lowest BCUT2D eigenvalue weighted by atomic mass is 10.1. The van der Waals surface area contributed by atoms with Gasteiger partial charge < -0.3 is 5.11 Å². The first kappa shape index (κ1) is 12.1. The van der Waals surface area contributed by atoms with Gasteiger partial charge in [0, 0.05) is 50.7 Å². The van der Waals surface area contributed by atoms with E-state index >= 15 is 0 Å². The van der Waals surface area contributed by atoms with E-state index in [1.165, 1.54) is 5.56 Å². The van der Waals surface area contributed by atoms with E-state index in [4.69, 9.17) is 0 Å². The van der Waals surface area contributed by atoms with Crippen LogP contribution in [0.4, 0.5) is 0 Å². The number of aliphatic hydroxyl groups is 1. The summed E-state index contributed by atoms with van der Waals surface area (Å²) in [5.41, 5.74) is 1.27. The highest BCUT2D eigenvalue weighted by molar-refractivity contribution is 5.09. The van der Waals surface area contributed by atoms with Gasteiger partial charge in [0.05, 0.1) is 6.10 Å². The van der Waals surface area contributed by atoms with Crippen LogP contribution < -0.4 is 0 Å². The van der Waals surface area contributed by atoms with Crippen LogP contribution in [0.15, 0.2) is 24.5 Å². The molecule has 1 aromatic rings. The maximum Gasteiger partial charge on any atom is 0.0682 e. The average Bonchev–Trinajstić information content (AvgIpc) is 2.70. The monoisotopic (exact) mass is 247 g/mol. The minimum atomic E-state index is -0.124. The van der Waals surface area contributed by atoms with Gasteiger partial charge in [-0.2, -0.15) is 0 Å². The second kappa shape index (κ2) is 4.96. The van der Waals surface area contributed by atoms with E-state index in [-0.39, 0.29) is 6.10 Å². The summed E-state index contributed by atoms with van der Waals surface area (Å²) in [4.78, 5) is 9.13. The van der Waals surface area contributed by atoms with Crippen LogP contribution in [0, 0.1) is 0 Å². The Hall–Kier alpha value is -0.970. The Balaban J connectivity index is 1.66. The molecule has 0 radical (unpaired) electrons. The number of hydrogen-bond donors (Lipinski definition) is 1. The lowest BCUT2D eigenvalue weighted by Crippen LogP contribution is -2.54. The van der Waals surface area contributed by atoms with Gasteiger partial charge >= 0.3 is 0 Å². The van der Waals surface area contributed by atoms with Crippen molar-refractivity contribution in [3.63, 3.8) is 0 Å². The van der Waals surface area contributed by atoms with Gasteiger partial charge in [0.2, 0.25) is 0 Å². The first-order valence-corrected chi connectivity index (χ1v) is 6.77. The fourth-order valence-corrected chi connectivity index (χ4v) is 3.22. The van der Waals surface area contributed by atoms with E-state index in [0.29, 0.717) is 12.1 Å². The zero-order valence-corrected chi connectivity index (χ0v) is 10.9. The van der Waals surface area contributed by atoms with Crippen molar-refractivity contribution in [1.82, 2.24) is 14.8 Å². The molecule has 2 fully saturated rings. The minimum Gasteiger partial charge on any atom is -0.392 e. The molecule has 2 aliphatic heterocycles. The number of nitrogens with zero attached hydrogens (tertiary/aromatic N) is 3. The molecule has 3 atom stereocenters. The standard InChI is InChI=1S/C14H21N3O/c1-11-7-17-10-14(18)5-13(17)9-16(11)8-12-3-2-4-15-6-12/h2-4,6,11,13-14,18H,5,7-10H2,1H3/t11-,13?,14+/m0/s1. The molecule has 3 rings (SSSR count). The van der Waals surface area contributed by atoms with E-state index in [1.807, 2.05) is 18.5 Å². The molecule has 1 N–H and O–H groups in total. The third kappa shape index (κ3) is 2.41. The number of piperazine rings is 1. The molecule has 0 spiro atoms. The summed E-state index contributed by atoms with van der Waals surface area (Å²) in [6.07, 6.45) is 4.57. The van der Waals surface area contributed by atoms with Crippen molar-refractivity contribution in [2.45, 2.75) is 38.1 Å². The maximum atomic E-state index is 9.75. The molecule has 2 aliphatic rings.